The van der Waals surface area contributed by atoms with Gasteiger partial charge in [0.2, 0.25) is 5.54 Å². The average Bonchev–Trinajstić information content (AvgIpc) is 3.53. The number of anilines is 1. The second-order valence-corrected chi connectivity index (χ2v) is 10.5. The first-order valence-corrected chi connectivity index (χ1v) is 14.0. The van der Waals surface area contributed by atoms with Crippen molar-refractivity contribution >= 4 is 29.5 Å². The number of carbonyl (C=O) groups excluding carboxylic acids is 3. The van der Waals surface area contributed by atoms with Gasteiger partial charge in [0.1, 0.15) is 11.6 Å². The van der Waals surface area contributed by atoms with E-state index in [9.17, 15) is 19.6 Å². The highest BCUT2D eigenvalue weighted by Gasteiger charge is 2.48. The number of nitrogens with zero attached hydrogens (tertiary/aromatic N) is 7. The number of piperazine rings is 1. The lowest BCUT2D eigenvalue weighted by molar-refractivity contribution is -0.122. The fourth-order valence-corrected chi connectivity index (χ4v) is 5.50. The monoisotopic (exact) mass is 611 g/mol. The maximum Gasteiger partial charge on any atom is 0.323 e. The Kier molecular flexibility index (Phi) is 7.78. The molecule has 0 unspecified atom stereocenters. The summed E-state index contributed by atoms with van der Waals surface area (Å²) in [5.41, 5.74) is 0.164. The molecule has 15 nitrogen and oxygen atoms in total. The zero-order valence-electron chi connectivity index (χ0n) is 24.5. The molecule has 6 rings (SSSR count). The van der Waals surface area contributed by atoms with Gasteiger partial charge in [-0.2, -0.15) is 0 Å². The van der Waals surface area contributed by atoms with Gasteiger partial charge in [0.25, 0.3) is 11.8 Å². The van der Waals surface area contributed by atoms with Crippen LogP contribution >= 0.6 is 0 Å². The lowest BCUT2D eigenvalue weighted by Gasteiger charge is -2.36. The Bertz CT molecular complexity index is 1750. The number of hydrogen-bond donors (Lipinski definition) is 3. The number of imide groups is 1. The number of aromatic nitrogens is 3. The molecule has 230 valence electrons. The van der Waals surface area contributed by atoms with Crippen LogP contribution in [0.3, 0.4) is 0 Å². The first kappa shape index (κ1) is 29.2. The van der Waals surface area contributed by atoms with E-state index in [0.717, 1.165) is 11.4 Å². The molecule has 4 amide bonds. The van der Waals surface area contributed by atoms with Crippen LogP contribution in [0.1, 0.15) is 27.2 Å². The number of benzene rings is 1. The molecule has 0 bridgehead atoms. The van der Waals surface area contributed by atoms with E-state index >= 15 is 0 Å². The summed E-state index contributed by atoms with van der Waals surface area (Å²) in [7, 11) is 2.95. The Morgan fingerprint density at radius 2 is 1.89 bits per heavy atom. The van der Waals surface area contributed by atoms with E-state index in [0.29, 0.717) is 48.9 Å². The van der Waals surface area contributed by atoms with Gasteiger partial charge in [0, 0.05) is 62.4 Å². The van der Waals surface area contributed by atoms with Crippen molar-refractivity contribution in [3.05, 3.63) is 71.4 Å². The molecule has 3 aliphatic rings. The molecule has 2 saturated heterocycles. The predicted molar refractivity (Wildman–Crippen MR) is 159 cm³/mol. The Hall–Kier alpha value is -5.91. The van der Waals surface area contributed by atoms with E-state index in [4.69, 9.17) is 9.47 Å². The summed E-state index contributed by atoms with van der Waals surface area (Å²) < 4.78 is 10.8. The van der Waals surface area contributed by atoms with Gasteiger partial charge in [-0.3, -0.25) is 19.9 Å². The quantitative estimate of drug-likeness (QED) is 0.0881. The van der Waals surface area contributed by atoms with Gasteiger partial charge < -0.3 is 34.7 Å². The third-order valence-electron chi connectivity index (χ3n) is 7.84. The van der Waals surface area contributed by atoms with Gasteiger partial charge in [0.15, 0.2) is 17.3 Å². The molecule has 1 aromatic carbocycles. The smallest absolute Gasteiger partial charge is 0.323 e. The predicted octanol–water partition coefficient (Wildman–Crippen LogP) is 0.433. The lowest BCUT2D eigenvalue weighted by Crippen LogP contribution is -2.54. The van der Waals surface area contributed by atoms with Crippen molar-refractivity contribution in [3.63, 3.8) is 0 Å². The number of methoxy groups -OCH3 is 2. The third-order valence-corrected chi connectivity index (χ3v) is 7.84. The van der Waals surface area contributed by atoms with Crippen molar-refractivity contribution in [2.45, 2.75) is 12.1 Å². The average molecular weight is 612 g/mol. The summed E-state index contributed by atoms with van der Waals surface area (Å²) in [6.45, 7) is 2.43. The molecule has 1 atom stereocenters. The Labute approximate surface area is 257 Å². The molecule has 5 heterocycles. The molecule has 3 aromatic rings. The van der Waals surface area contributed by atoms with Crippen molar-refractivity contribution < 1.29 is 29.1 Å². The number of pyridine rings is 1. The number of ether oxygens (including phenoxy) is 2. The zero-order valence-corrected chi connectivity index (χ0v) is 24.5. The van der Waals surface area contributed by atoms with Crippen LogP contribution in [0.4, 0.5) is 10.6 Å². The van der Waals surface area contributed by atoms with Gasteiger partial charge >= 0.3 is 6.03 Å². The van der Waals surface area contributed by atoms with Crippen molar-refractivity contribution in [3.8, 4) is 23.3 Å². The molecule has 0 radical (unpaired) electrons. The number of oxime groups is 1. The molecule has 0 aliphatic carbocycles. The largest absolute Gasteiger partial charge is 0.497 e. The molecular formula is C30H29N9O6. The molecule has 3 aliphatic heterocycles. The molecule has 3 N–H and O–H groups in total. The van der Waals surface area contributed by atoms with Gasteiger partial charge in [0.05, 0.1) is 27.0 Å². The summed E-state index contributed by atoms with van der Waals surface area (Å²) in [6.07, 6.45) is 6.46. The maximum atomic E-state index is 13.2. The minimum Gasteiger partial charge on any atom is -0.497 e. The Balaban J connectivity index is 1.22. The van der Waals surface area contributed by atoms with E-state index in [1.165, 1.54) is 25.3 Å². The second-order valence-electron chi connectivity index (χ2n) is 10.5. The molecule has 15 heteroatoms. The van der Waals surface area contributed by atoms with Gasteiger partial charge in [-0.1, -0.05) is 17.1 Å². The van der Waals surface area contributed by atoms with Crippen LogP contribution in [0.15, 0.2) is 54.2 Å². The van der Waals surface area contributed by atoms with Crippen LogP contribution in [0.25, 0.3) is 0 Å². The SMILES string of the molecule is COc1ccc2c(c1)C(=O)N(C[C@@]1(C#Cc3ncc(C(=NO)N4CCN(c5cnccn5)CC4)cc3OC)NC(=O)NC1=O)C2. The highest BCUT2D eigenvalue weighted by Crippen LogP contribution is 2.29. The molecule has 0 spiro atoms. The fourth-order valence-electron chi connectivity index (χ4n) is 5.50. The number of rotatable bonds is 6. The molecule has 2 aromatic heterocycles. The Morgan fingerprint density at radius 1 is 1.07 bits per heavy atom. The maximum absolute atomic E-state index is 13.2. The van der Waals surface area contributed by atoms with E-state index in [1.807, 2.05) is 4.90 Å². The van der Waals surface area contributed by atoms with E-state index in [2.05, 4.69) is 47.5 Å². The van der Waals surface area contributed by atoms with Crippen molar-refractivity contribution in [2.24, 2.45) is 5.16 Å². The normalized spacial score (nSPS) is 19.5. The highest BCUT2D eigenvalue weighted by molar-refractivity contribution is 6.10. The number of carbonyl (C=O) groups is 3. The lowest BCUT2D eigenvalue weighted by atomic mass is 9.99. The zero-order chi connectivity index (χ0) is 31.6. The molecule has 45 heavy (non-hydrogen) atoms. The number of amides is 4. The van der Waals surface area contributed by atoms with Crippen molar-refractivity contribution in [2.75, 3.05) is 51.8 Å². The van der Waals surface area contributed by atoms with Crippen LogP contribution in [0, 0.1) is 11.8 Å². The molecular weight excluding hydrogens is 582 g/mol. The van der Waals surface area contributed by atoms with Crippen LogP contribution in [0.2, 0.25) is 0 Å². The number of fused-ring (bicyclic) bond motifs is 1. The number of urea groups is 1. The summed E-state index contributed by atoms with van der Waals surface area (Å²) >= 11 is 0. The van der Waals surface area contributed by atoms with E-state index in [-0.39, 0.29) is 30.4 Å². The first-order valence-electron chi connectivity index (χ1n) is 14.0. The van der Waals surface area contributed by atoms with Crippen molar-refractivity contribution in [1.82, 2.24) is 35.4 Å². The van der Waals surface area contributed by atoms with Crippen LogP contribution in [-0.4, -0.2) is 106 Å². The third kappa shape index (κ3) is 5.60. The minimum atomic E-state index is -1.73. The van der Waals surface area contributed by atoms with E-state index < -0.39 is 17.5 Å². The fraction of sp³-hybridized carbons (Fsp3) is 0.300. The van der Waals surface area contributed by atoms with Gasteiger partial charge in [-0.25, -0.2) is 14.8 Å². The topological polar surface area (TPSA) is 175 Å². The van der Waals surface area contributed by atoms with Crippen LogP contribution in [0.5, 0.6) is 11.5 Å². The second kappa shape index (κ2) is 12.0. The Morgan fingerprint density at radius 3 is 2.56 bits per heavy atom. The van der Waals surface area contributed by atoms with E-state index in [1.54, 1.807) is 42.9 Å². The summed E-state index contributed by atoms with van der Waals surface area (Å²) in [5, 5.41) is 18.3. The first-order chi connectivity index (χ1) is 21.8. The summed E-state index contributed by atoms with van der Waals surface area (Å²) in [4.78, 5) is 56.9. The van der Waals surface area contributed by atoms with Gasteiger partial charge in [-0.05, 0) is 29.7 Å². The molecule has 0 saturated carbocycles. The standard InChI is InChI=1S/C30H29N9O6/c1-44-21-4-3-19-17-39(27(40)22(19)14-21)18-30(28(41)34-29(42)35-30)6-5-23-24(45-2)13-20(15-33-23)26(36-43)38-11-9-37(10-12-38)25-16-31-7-8-32-25/h3-4,7-8,13-16,43H,9-12,17-18H2,1-2H3,(H2,34,35,41,42)/t30-/m1/s1. The number of hydrogen-bond acceptors (Lipinski definition) is 11. The number of nitrogens with one attached hydrogen (secondary N) is 2. The molecule has 2 fully saturated rings. The summed E-state index contributed by atoms with van der Waals surface area (Å²) in [6, 6.07) is 6.09. The van der Waals surface area contributed by atoms with Gasteiger partial charge in [-0.15, -0.1) is 0 Å². The van der Waals surface area contributed by atoms with Crippen LogP contribution in [-0.2, 0) is 11.3 Å². The van der Waals surface area contributed by atoms with Crippen molar-refractivity contribution in [1.29, 1.82) is 0 Å². The minimum absolute atomic E-state index is 0.181. The van der Waals surface area contributed by atoms with Crippen LogP contribution < -0.4 is 25.0 Å². The number of amidine groups is 1. The summed E-state index contributed by atoms with van der Waals surface area (Å²) in [5.74, 6) is 6.58. The highest BCUT2D eigenvalue weighted by atomic mass is 16.5.